The second kappa shape index (κ2) is 40.0. The number of carbonyl (C=O) groups is 2. The summed E-state index contributed by atoms with van der Waals surface area (Å²) < 4.78 is 56.8. The molecule has 1 saturated heterocycles. The van der Waals surface area contributed by atoms with Gasteiger partial charge in [-0.25, -0.2) is 13.9 Å². The van der Waals surface area contributed by atoms with Crippen molar-refractivity contribution in [2.45, 2.75) is 211 Å². The summed E-state index contributed by atoms with van der Waals surface area (Å²) in [7, 11) is -10.9. The Labute approximate surface area is 433 Å². The number of anilines is 1. The van der Waals surface area contributed by atoms with E-state index in [0.717, 1.165) is 87.3 Å². The Balaban J connectivity index is 1.80. The average Bonchev–Trinajstić information content (AvgIpc) is 3.62. The van der Waals surface area contributed by atoms with Crippen LogP contribution < -0.4 is 11.4 Å². The Morgan fingerprint density at radius 3 is 1.77 bits per heavy atom. The summed E-state index contributed by atoms with van der Waals surface area (Å²) in [6.07, 6.45) is 35.0. The van der Waals surface area contributed by atoms with Crippen LogP contribution in [-0.4, -0.2) is 97.4 Å². The van der Waals surface area contributed by atoms with Crippen molar-refractivity contribution >= 4 is 33.4 Å². The summed E-state index contributed by atoms with van der Waals surface area (Å²) in [4.78, 5) is 62.0. The van der Waals surface area contributed by atoms with E-state index in [9.17, 15) is 43.5 Å². The highest BCUT2D eigenvalue weighted by atomic mass is 31.3. The van der Waals surface area contributed by atoms with Crippen molar-refractivity contribution in [3.63, 3.8) is 0 Å². The third kappa shape index (κ3) is 33.4. The Morgan fingerprint density at radius 2 is 1.21 bits per heavy atom. The zero-order chi connectivity index (χ0) is 53.6. The highest BCUT2D eigenvalue weighted by molar-refractivity contribution is 7.61. The molecule has 7 atom stereocenters. The smallest absolute Gasteiger partial charge is 0.462 e. The maximum atomic E-state index is 12.9. The van der Waals surface area contributed by atoms with Crippen molar-refractivity contribution in [2.75, 3.05) is 32.2 Å². The lowest BCUT2D eigenvalue weighted by Crippen LogP contribution is -2.36. The second-order valence-corrected chi connectivity index (χ2v) is 22.0. The molecule has 7 N–H and O–H groups in total. The number of hydrogen-bond donors (Lipinski definition) is 6. The summed E-state index contributed by atoms with van der Waals surface area (Å²) in [5, 5.41) is 29.8. The largest absolute Gasteiger partial charge is 0.481 e. The van der Waals surface area contributed by atoms with Gasteiger partial charge in [0.15, 0.2) is 12.3 Å². The second-order valence-electron chi connectivity index (χ2n) is 18.9. The third-order valence-corrected chi connectivity index (χ3v) is 14.5. The Hall–Kier alpha value is -3.32. The van der Waals surface area contributed by atoms with Gasteiger partial charge >= 0.3 is 33.3 Å². The van der Waals surface area contributed by atoms with Crippen LogP contribution in [-0.2, 0) is 46.3 Å². The molecule has 0 saturated carbocycles. The number of aliphatic hydroxyl groups excluding tert-OH is 3. The summed E-state index contributed by atoms with van der Waals surface area (Å²) >= 11 is 0. The van der Waals surface area contributed by atoms with Gasteiger partial charge < -0.3 is 45.1 Å². The van der Waals surface area contributed by atoms with Crippen molar-refractivity contribution in [3.05, 3.63) is 71.4 Å². The molecule has 1 fully saturated rings. The minimum absolute atomic E-state index is 0.0354. The van der Waals surface area contributed by atoms with Gasteiger partial charge in [-0.1, -0.05) is 159 Å². The molecule has 19 nitrogen and oxygen atoms in total. The van der Waals surface area contributed by atoms with Gasteiger partial charge in [-0.2, -0.15) is 9.29 Å². The molecular formula is C52H89N3O16P2. The van der Waals surface area contributed by atoms with Crippen LogP contribution in [0.5, 0.6) is 0 Å². The number of rotatable bonds is 44. The van der Waals surface area contributed by atoms with E-state index in [0.29, 0.717) is 19.3 Å². The zero-order valence-electron chi connectivity index (χ0n) is 43.5. The fourth-order valence-electron chi connectivity index (χ4n) is 7.76. The molecule has 1 aliphatic heterocycles. The van der Waals surface area contributed by atoms with E-state index < -0.39 is 83.7 Å². The minimum atomic E-state index is -5.44. The van der Waals surface area contributed by atoms with Crippen molar-refractivity contribution < 1.29 is 71.4 Å². The molecule has 2 rings (SSSR count). The van der Waals surface area contributed by atoms with E-state index in [-0.39, 0.29) is 25.3 Å². The van der Waals surface area contributed by atoms with Crippen LogP contribution in [0.4, 0.5) is 5.82 Å². The SMILES string of the molecule is CC(C)CCCCCCCCCCCCCCCCC(=O)OC[C@H](COP(=O)(O)OP(=O)(O)OC[C@H]1O[C@@H](n2ccc(N)nc2=O)[C@H](O)[C@@H]1O)OC(=O)CCC/C=C\C/C=C\C/C=C\C/C=C\CCCCCO. The fourth-order valence-corrected chi connectivity index (χ4v) is 9.87. The Bertz CT molecular complexity index is 1930. The molecule has 0 bridgehead atoms. The first-order valence-electron chi connectivity index (χ1n) is 26.6. The standard InChI is InChI=1S/C52H89N3O16P2/c1-43(2)34-30-26-22-18-14-10-7-8-11-15-19-23-27-31-35-47(57)66-40-44(69-48(58)36-32-28-24-20-16-12-6-4-3-5-9-13-17-21-25-29-33-39-56)41-67-72(62,63)71-73(64,65)68-42-45-49(59)50(60)51(70-45)55-38-37-46(53)54-52(55)61/h3,5-6,12-13,17,20,24,37-38,43-45,49-51,56,59-60H,4,7-11,14-16,18-19,21-23,25-36,39-42H2,1-2H3,(H,62,63)(H,64,65)(H2,53,54,61)/b5-3-,12-6-,17-13-,24-20-/t44-,45-,49-,50-,51-/m1/s1. The van der Waals surface area contributed by atoms with E-state index in [1.165, 1.54) is 70.3 Å². The number of aliphatic hydroxyl groups is 3. The fraction of sp³-hybridized carbons (Fsp3) is 0.731. The first kappa shape index (κ1) is 65.8. The van der Waals surface area contributed by atoms with Crippen molar-refractivity contribution in [2.24, 2.45) is 5.92 Å². The molecule has 1 aliphatic rings. The van der Waals surface area contributed by atoms with E-state index >= 15 is 0 Å². The third-order valence-electron chi connectivity index (χ3n) is 11.9. The monoisotopic (exact) mass is 1070 g/mol. The molecule has 418 valence electrons. The van der Waals surface area contributed by atoms with Gasteiger partial charge in [-0.15, -0.1) is 0 Å². The lowest BCUT2D eigenvalue weighted by Gasteiger charge is -2.21. The number of hydrogen-bond acceptors (Lipinski definition) is 16. The molecule has 1 aromatic heterocycles. The van der Waals surface area contributed by atoms with Gasteiger partial charge in [0.1, 0.15) is 30.7 Å². The van der Waals surface area contributed by atoms with Crippen molar-refractivity contribution in [1.82, 2.24) is 9.55 Å². The number of ether oxygens (including phenoxy) is 3. The molecular weight excluding hydrogens is 985 g/mol. The molecule has 2 heterocycles. The predicted octanol–water partition coefficient (Wildman–Crippen LogP) is 10.2. The zero-order valence-corrected chi connectivity index (χ0v) is 45.3. The molecule has 2 unspecified atom stereocenters. The molecule has 0 aromatic carbocycles. The number of esters is 2. The average molecular weight is 1070 g/mol. The molecule has 0 radical (unpaired) electrons. The highest BCUT2D eigenvalue weighted by Crippen LogP contribution is 2.60. The highest BCUT2D eigenvalue weighted by Gasteiger charge is 2.46. The van der Waals surface area contributed by atoms with Crippen LogP contribution in [0.2, 0.25) is 0 Å². The van der Waals surface area contributed by atoms with Crippen LogP contribution >= 0.6 is 15.6 Å². The van der Waals surface area contributed by atoms with Gasteiger partial charge in [0.2, 0.25) is 0 Å². The minimum Gasteiger partial charge on any atom is -0.462 e. The summed E-state index contributed by atoms with van der Waals surface area (Å²) in [6, 6.07) is 1.24. The molecule has 0 amide bonds. The number of nitrogens with two attached hydrogens (primary N) is 1. The van der Waals surface area contributed by atoms with E-state index in [4.69, 9.17) is 34.1 Å². The van der Waals surface area contributed by atoms with Gasteiger partial charge in [-0.05, 0) is 69.8 Å². The number of unbranched alkanes of at least 4 members (excludes halogenated alkanes) is 17. The first-order chi connectivity index (χ1) is 35.0. The molecule has 0 spiro atoms. The van der Waals surface area contributed by atoms with Gasteiger partial charge in [0.25, 0.3) is 0 Å². The number of allylic oxidation sites excluding steroid dienone is 8. The van der Waals surface area contributed by atoms with Gasteiger partial charge in [0.05, 0.1) is 13.2 Å². The quantitative estimate of drug-likeness (QED) is 0.0153. The number of phosphoric acid groups is 2. The van der Waals surface area contributed by atoms with Crippen LogP contribution in [0.1, 0.15) is 187 Å². The van der Waals surface area contributed by atoms with Crippen LogP contribution in [0.25, 0.3) is 0 Å². The summed E-state index contributed by atoms with van der Waals surface area (Å²) in [6.45, 7) is 2.44. The maximum Gasteiger partial charge on any atom is 0.481 e. The van der Waals surface area contributed by atoms with Crippen LogP contribution in [0.3, 0.4) is 0 Å². The number of phosphoric ester groups is 2. The van der Waals surface area contributed by atoms with E-state index in [2.05, 4.69) is 53.5 Å². The number of nitrogen functional groups attached to an aromatic ring is 1. The Morgan fingerprint density at radius 1 is 0.699 bits per heavy atom. The van der Waals surface area contributed by atoms with Crippen molar-refractivity contribution in [1.29, 1.82) is 0 Å². The topological polar surface area (TPSA) is 286 Å². The molecule has 73 heavy (non-hydrogen) atoms. The Kier molecular flexibility index (Phi) is 36.1. The van der Waals surface area contributed by atoms with E-state index in [1.807, 2.05) is 18.2 Å². The normalized spacial score (nSPS) is 19.4. The van der Waals surface area contributed by atoms with Crippen LogP contribution in [0, 0.1) is 5.92 Å². The molecule has 1 aromatic rings. The van der Waals surface area contributed by atoms with Gasteiger partial charge in [-0.3, -0.25) is 23.2 Å². The lowest BCUT2D eigenvalue weighted by atomic mass is 10.0. The lowest BCUT2D eigenvalue weighted by molar-refractivity contribution is -0.161. The first-order valence-corrected chi connectivity index (χ1v) is 29.6. The van der Waals surface area contributed by atoms with Gasteiger partial charge in [0, 0.05) is 25.6 Å². The molecule has 21 heteroatoms. The molecule has 0 aliphatic carbocycles. The van der Waals surface area contributed by atoms with Crippen LogP contribution in [0.15, 0.2) is 65.7 Å². The summed E-state index contributed by atoms with van der Waals surface area (Å²) in [5.41, 5.74) is 4.58. The number of aromatic nitrogens is 2. The predicted molar refractivity (Wildman–Crippen MR) is 281 cm³/mol. The number of nitrogens with zero attached hydrogens (tertiary/aromatic N) is 2. The summed E-state index contributed by atoms with van der Waals surface area (Å²) in [5.74, 6) is -0.584. The van der Waals surface area contributed by atoms with E-state index in [1.54, 1.807) is 0 Å². The number of carbonyl (C=O) groups excluding carboxylic acids is 2. The van der Waals surface area contributed by atoms with Crippen molar-refractivity contribution in [3.8, 4) is 0 Å². The maximum absolute atomic E-state index is 12.9.